The number of carbonyl (C=O) groups excluding carboxylic acids is 3. The number of ether oxygens (including phenoxy) is 2. The summed E-state index contributed by atoms with van der Waals surface area (Å²) in [6, 6.07) is 9.10. The van der Waals surface area contributed by atoms with Gasteiger partial charge in [-0.1, -0.05) is 30.9 Å². The maximum absolute atomic E-state index is 14.5. The predicted molar refractivity (Wildman–Crippen MR) is 147 cm³/mol. The summed E-state index contributed by atoms with van der Waals surface area (Å²) in [7, 11) is 0. The van der Waals surface area contributed by atoms with Crippen LogP contribution >= 0.6 is 0 Å². The van der Waals surface area contributed by atoms with Gasteiger partial charge in [-0.25, -0.2) is 18.7 Å². The van der Waals surface area contributed by atoms with Crippen molar-refractivity contribution in [3.05, 3.63) is 106 Å². The summed E-state index contributed by atoms with van der Waals surface area (Å²) in [5, 5.41) is 9.28. The van der Waals surface area contributed by atoms with Crippen LogP contribution in [0, 0.1) is 12.7 Å². The van der Waals surface area contributed by atoms with Gasteiger partial charge in [-0.05, 0) is 60.2 Å². The van der Waals surface area contributed by atoms with Crippen molar-refractivity contribution in [1.82, 2.24) is 25.2 Å². The van der Waals surface area contributed by atoms with Crippen molar-refractivity contribution in [3.8, 4) is 5.75 Å². The van der Waals surface area contributed by atoms with Crippen molar-refractivity contribution in [2.45, 2.75) is 38.7 Å². The first-order chi connectivity index (χ1) is 20.9. The fourth-order valence-electron chi connectivity index (χ4n) is 5.04. The number of nitrogens with zero attached hydrogens (tertiary/aromatic N) is 3. The van der Waals surface area contributed by atoms with E-state index in [9.17, 15) is 31.9 Å². The molecule has 44 heavy (non-hydrogen) atoms. The van der Waals surface area contributed by atoms with Crippen molar-refractivity contribution in [1.29, 1.82) is 0 Å². The Kier molecular flexibility index (Phi) is 8.34. The lowest BCUT2D eigenvalue weighted by Gasteiger charge is -2.16. The molecule has 2 heterocycles. The number of alkyl halides is 3. The van der Waals surface area contributed by atoms with E-state index in [1.807, 2.05) is 0 Å². The highest BCUT2D eigenvalue weighted by atomic mass is 19.4. The van der Waals surface area contributed by atoms with Crippen LogP contribution in [0.4, 0.5) is 17.6 Å². The van der Waals surface area contributed by atoms with Gasteiger partial charge >= 0.3 is 12.3 Å². The Hall–Kier alpha value is -5.27. The first-order valence-corrected chi connectivity index (χ1v) is 13.3. The van der Waals surface area contributed by atoms with E-state index in [1.54, 1.807) is 19.1 Å². The van der Waals surface area contributed by atoms with Gasteiger partial charge in [0.25, 0.3) is 11.8 Å². The summed E-state index contributed by atoms with van der Waals surface area (Å²) < 4.78 is 62.2. The SMILES string of the molecule is C=CCOC(=O)c1ccc2c(c1C)CC[C@@H]2NC(=O)c1cc(C(=O)NCc2cccc(OC(F)(F)F)c2)nc2c(F)cnn12. The van der Waals surface area contributed by atoms with E-state index >= 15 is 0 Å². The van der Waals surface area contributed by atoms with Gasteiger partial charge in [0.15, 0.2) is 11.5 Å². The minimum absolute atomic E-state index is 0.0760. The molecular formula is C30H25F4N5O5. The number of nitrogens with one attached hydrogen (secondary N) is 2. The Morgan fingerprint density at radius 1 is 1.16 bits per heavy atom. The van der Waals surface area contributed by atoms with Crippen molar-refractivity contribution in [2.75, 3.05) is 6.61 Å². The molecule has 2 aromatic carbocycles. The fraction of sp³-hybridized carbons (Fsp3) is 0.233. The van der Waals surface area contributed by atoms with E-state index in [1.165, 1.54) is 18.2 Å². The van der Waals surface area contributed by atoms with Gasteiger partial charge in [-0.3, -0.25) is 9.59 Å². The van der Waals surface area contributed by atoms with Crippen LogP contribution in [0.1, 0.15) is 66.1 Å². The number of hydrogen-bond acceptors (Lipinski definition) is 7. The third-order valence-electron chi connectivity index (χ3n) is 7.03. The highest BCUT2D eigenvalue weighted by molar-refractivity contribution is 5.98. The number of fused-ring (bicyclic) bond motifs is 2. The van der Waals surface area contributed by atoms with Crippen LogP contribution < -0.4 is 15.4 Å². The first kappa shape index (κ1) is 30.2. The Balaban J connectivity index is 1.35. The largest absolute Gasteiger partial charge is 0.573 e. The number of benzene rings is 2. The standard InChI is InChI=1S/C30H25F4N5O5/c1-3-11-43-29(42)20-7-8-21-19(16(20)2)9-10-23(21)38-28(41)25-13-24(37-26-22(31)15-36-39(25)26)27(40)35-14-17-5-4-6-18(12-17)44-30(32,33)34/h3-8,12-13,15,23H,1,9-11,14H2,2H3,(H,35,40)(H,38,41)/t23-/m0/s1. The molecule has 2 aromatic heterocycles. The lowest BCUT2D eigenvalue weighted by atomic mass is 9.98. The number of carbonyl (C=O) groups is 3. The van der Waals surface area contributed by atoms with Crippen molar-refractivity contribution < 1.29 is 41.4 Å². The highest BCUT2D eigenvalue weighted by Crippen LogP contribution is 2.35. The smallest absolute Gasteiger partial charge is 0.458 e. The van der Waals surface area contributed by atoms with E-state index in [0.29, 0.717) is 24.0 Å². The normalized spacial score (nSPS) is 14.2. The molecule has 228 valence electrons. The molecule has 1 aliphatic rings. The summed E-state index contributed by atoms with van der Waals surface area (Å²) in [5.74, 6) is -3.27. The molecule has 2 N–H and O–H groups in total. The highest BCUT2D eigenvalue weighted by Gasteiger charge is 2.31. The van der Waals surface area contributed by atoms with Gasteiger partial charge in [0.2, 0.25) is 0 Å². The average molecular weight is 612 g/mol. The number of amides is 2. The van der Waals surface area contributed by atoms with Gasteiger partial charge in [0.1, 0.15) is 23.7 Å². The predicted octanol–water partition coefficient (Wildman–Crippen LogP) is 4.77. The third kappa shape index (κ3) is 6.38. The Morgan fingerprint density at radius 2 is 1.95 bits per heavy atom. The lowest BCUT2D eigenvalue weighted by Crippen LogP contribution is -2.30. The number of aromatic nitrogens is 3. The summed E-state index contributed by atoms with van der Waals surface area (Å²) in [5.41, 5.74) is 2.31. The number of halogens is 4. The van der Waals surface area contributed by atoms with E-state index < -0.39 is 41.8 Å². The first-order valence-electron chi connectivity index (χ1n) is 13.3. The topological polar surface area (TPSA) is 124 Å². The number of rotatable bonds is 9. The molecule has 0 bridgehead atoms. The molecule has 0 aliphatic heterocycles. The van der Waals surface area contributed by atoms with Crippen LogP contribution in [0.3, 0.4) is 0 Å². The zero-order valence-electron chi connectivity index (χ0n) is 23.2. The molecule has 5 rings (SSSR count). The molecule has 1 aliphatic carbocycles. The van der Waals surface area contributed by atoms with E-state index in [2.05, 4.69) is 32.0 Å². The molecule has 0 spiro atoms. The Morgan fingerprint density at radius 3 is 2.70 bits per heavy atom. The van der Waals surface area contributed by atoms with Crippen molar-refractivity contribution >= 4 is 23.4 Å². The molecule has 4 aromatic rings. The summed E-state index contributed by atoms with van der Waals surface area (Å²) in [6.45, 7) is 5.21. The summed E-state index contributed by atoms with van der Waals surface area (Å²) in [6.07, 6.45) is -1.44. The molecule has 2 amide bonds. The second-order valence-electron chi connectivity index (χ2n) is 9.89. The number of esters is 1. The molecule has 0 fully saturated rings. The monoisotopic (exact) mass is 611 g/mol. The maximum atomic E-state index is 14.5. The van der Waals surface area contributed by atoms with Gasteiger partial charge in [-0.2, -0.15) is 5.10 Å². The van der Waals surface area contributed by atoms with Gasteiger partial charge < -0.3 is 20.1 Å². The third-order valence-corrected chi connectivity index (χ3v) is 7.03. The quantitative estimate of drug-likeness (QED) is 0.159. The summed E-state index contributed by atoms with van der Waals surface area (Å²) in [4.78, 5) is 42.8. The second-order valence-corrected chi connectivity index (χ2v) is 9.89. The zero-order valence-corrected chi connectivity index (χ0v) is 23.2. The maximum Gasteiger partial charge on any atom is 0.573 e. The van der Waals surface area contributed by atoms with E-state index in [-0.39, 0.29) is 30.2 Å². The Bertz CT molecular complexity index is 1790. The van der Waals surface area contributed by atoms with Crippen molar-refractivity contribution in [3.63, 3.8) is 0 Å². The minimum atomic E-state index is -4.88. The van der Waals surface area contributed by atoms with Crippen LogP contribution in [0.25, 0.3) is 5.65 Å². The molecule has 0 radical (unpaired) electrons. The van der Waals surface area contributed by atoms with Gasteiger partial charge in [-0.15, -0.1) is 13.2 Å². The van der Waals surface area contributed by atoms with E-state index in [4.69, 9.17) is 4.74 Å². The van der Waals surface area contributed by atoms with Crippen LogP contribution in [0.5, 0.6) is 5.75 Å². The van der Waals surface area contributed by atoms with Gasteiger partial charge in [0, 0.05) is 12.6 Å². The minimum Gasteiger partial charge on any atom is -0.458 e. The fourth-order valence-corrected chi connectivity index (χ4v) is 5.04. The van der Waals surface area contributed by atoms with Crippen LogP contribution in [0.15, 0.2) is 61.3 Å². The Labute approximate surface area is 247 Å². The molecule has 10 nitrogen and oxygen atoms in total. The van der Waals surface area contributed by atoms with Crippen LogP contribution in [-0.4, -0.2) is 45.4 Å². The van der Waals surface area contributed by atoms with Crippen LogP contribution in [-0.2, 0) is 17.7 Å². The second kappa shape index (κ2) is 12.1. The number of hydrogen-bond donors (Lipinski definition) is 2. The van der Waals surface area contributed by atoms with Gasteiger partial charge in [0.05, 0.1) is 17.8 Å². The molecule has 14 heteroatoms. The average Bonchev–Trinajstić information content (AvgIpc) is 3.57. The molecule has 0 saturated heterocycles. The summed E-state index contributed by atoms with van der Waals surface area (Å²) >= 11 is 0. The zero-order chi connectivity index (χ0) is 31.6. The van der Waals surface area contributed by atoms with Crippen molar-refractivity contribution in [2.24, 2.45) is 0 Å². The molecule has 0 saturated carbocycles. The van der Waals surface area contributed by atoms with E-state index in [0.717, 1.165) is 45.6 Å². The molecular weight excluding hydrogens is 586 g/mol. The lowest BCUT2D eigenvalue weighted by molar-refractivity contribution is -0.274. The molecule has 0 unspecified atom stereocenters. The van der Waals surface area contributed by atoms with Crippen LogP contribution in [0.2, 0.25) is 0 Å². The molecule has 1 atom stereocenters.